The maximum Gasteiger partial charge on any atom is 0.307 e. The van der Waals surface area contributed by atoms with Gasteiger partial charge in [0.05, 0.1) is 17.9 Å². The Bertz CT molecular complexity index is 254. The lowest BCUT2D eigenvalue weighted by atomic mass is 10.3. The summed E-state index contributed by atoms with van der Waals surface area (Å²) in [6.07, 6.45) is 0.436. The van der Waals surface area contributed by atoms with E-state index in [1.807, 2.05) is 13.8 Å². The Kier molecular flexibility index (Phi) is 4.08. The lowest BCUT2D eigenvalue weighted by Gasteiger charge is -2.12. The number of nitrogens with one attached hydrogen (secondary N) is 1. The highest BCUT2D eigenvalue weighted by Crippen LogP contribution is 2.38. The molecule has 1 rings (SSSR count). The maximum absolute atomic E-state index is 11.4. The molecular weight excluding hydrogens is 198 g/mol. The number of ether oxygens (including phenoxy) is 1. The van der Waals surface area contributed by atoms with Gasteiger partial charge in [-0.15, -0.1) is 0 Å². The van der Waals surface area contributed by atoms with Crippen LogP contribution in [0.5, 0.6) is 0 Å². The SMILES string of the molecule is CCOC(C)CNC(=O)[C@@H]1C[C@@H]1C(=O)O. The molecule has 3 atom stereocenters. The molecule has 0 radical (unpaired) electrons. The van der Waals surface area contributed by atoms with Gasteiger partial charge < -0.3 is 15.2 Å². The van der Waals surface area contributed by atoms with Gasteiger partial charge >= 0.3 is 5.97 Å². The van der Waals surface area contributed by atoms with Crippen LogP contribution < -0.4 is 5.32 Å². The molecule has 2 N–H and O–H groups in total. The van der Waals surface area contributed by atoms with Crippen LogP contribution in [0.1, 0.15) is 20.3 Å². The summed E-state index contributed by atoms with van der Waals surface area (Å²) in [5.41, 5.74) is 0. The number of carbonyl (C=O) groups is 2. The van der Waals surface area contributed by atoms with Gasteiger partial charge in [0, 0.05) is 13.2 Å². The molecule has 5 nitrogen and oxygen atoms in total. The van der Waals surface area contributed by atoms with Crippen LogP contribution in [0.25, 0.3) is 0 Å². The minimum Gasteiger partial charge on any atom is -0.481 e. The van der Waals surface area contributed by atoms with Crippen LogP contribution in [0, 0.1) is 11.8 Å². The van der Waals surface area contributed by atoms with Gasteiger partial charge in [-0.05, 0) is 20.3 Å². The van der Waals surface area contributed by atoms with E-state index in [-0.39, 0.29) is 17.9 Å². The van der Waals surface area contributed by atoms with Crippen LogP contribution in [0.15, 0.2) is 0 Å². The summed E-state index contributed by atoms with van der Waals surface area (Å²) in [4.78, 5) is 21.9. The standard InChI is InChI=1S/C10H17NO4/c1-3-15-6(2)5-11-9(12)7-4-8(7)10(13)14/h6-8H,3-5H2,1-2H3,(H,11,12)(H,13,14)/t6?,7-,8+/m1/s1. The smallest absolute Gasteiger partial charge is 0.307 e. The van der Waals surface area contributed by atoms with Gasteiger partial charge in [-0.1, -0.05) is 0 Å². The minimum absolute atomic E-state index is 0.0269. The zero-order chi connectivity index (χ0) is 11.4. The van der Waals surface area contributed by atoms with E-state index in [0.717, 1.165) is 0 Å². The molecule has 0 aromatic heterocycles. The molecule has 15 heavy (non-hydrogen) atoms. The molecule has 0 aliphatic heterocycles. The number of hydrogen-bond acceptors (Lipinski definition) is 3. The maximum atomic E-state index is 11.4. The van der Waals surface area contributed by atoms with Crippen LogP contribution in [0.3, 0.4) is 0 Å². The van der Waals surface area contributed by atoms with E-state index in [1.54, 1.807) is 0 Å². The molecule has 0 bridgehead atoms. The molecule has 0 spiro atoms. The second-order valence-electron chi connectivity index (χ2n) is 3.80. The van der Waals surface area contributed by atoms with Gasteiger partial charge in [-0.3, -0.25) is 9.59 Å². The number of rotatable bonds is 6. The van der Waals surface area contributed by atoms with Gasteiger partial charge in [0.25, 0.3) is 0 Å². The molecule has 1 fully saturated rings. The van der Waals surface area contributed by atoms with E-state index >= 15 is 0 Å². The number of hydrogen-bond donors (Lipinski definition) is 2. The van der Waals surface area contributed by atoms with E-state index in [4.69, 9.17) is 9.84 Å². The van der Waals surface area contributed by atoms with E-state index < -0.39 is 11.9 Å². The average Bonchev–Trinajstić information content (AvgIpc) is 2.94. The van der Waals surface area contributed by atoms with E-state index in [0.29, 0.717) is 19.6 Å². The summed E-state index contributed by atoms with van der Waals surface area (Å²) in [5, 5.41) is 11.3. The fourth-order valence-electron chi connectivity index (χ4n) is 1.48. The van der Waals surface area contributed by atoms with Crippen molar-refractivity contribution in [1.29, 1.82) is 0 Å². The monoisotopic (exact) mass is 215 g/mol. The molecule has 1 saturated carbocycles. The fraction of sp³-hybridized carbons (Fsp3) is 0.800. The Hall–Kier alpha value is -1.10. The van der Waals surface area contributed by atoms with E-state index in [9.17, 15) is 9.59 Å². The zero-order valence-corrected chi connectivity index (χ0v) is 9.03. The summed E-state index contributed by atoms with van der Waals surface area (Å²) in [5.74, 6) is -1.87. The molecule has 1 amide bonds. The minimum atomic E-state index is -0.881. The van der Waals surface area contributed by atoms with Crippen molar-refractivity contribution >= 4 is 11.9 Å². The third-order valence-electron chi connectivity index (χ3n) is 2.46. The Morgan fingerprint density at radius 1 is 1.53 bits per heavy atom. The van der Waals surface area contributed by atoms with Gasteiger partial charge in [0.2, 0.25) is 5.91 Å². The van der Waals surface area contributed by atoms with E-state index in [2.05, 4.69) is 5.32 Å². The van der Waals surface area contributed by atoms with Crippen molar-refractivity contribution in [2.45, 2.75) is 26.4 Å². The Morgan fingerprint density at radius 3 is 2.67 bits per heavy atom. The summed E-state index contributed by atoms with van der Waals surface area (Å²) < 4.78 is 5.24. The normalized spacial score (nSPS) is 25.7. The first-order valence-electron chi connectivity index (χ1n) is 5.18. The fourth-order valence-corrected chi connectivity index (χ4v) is 1.48. The highest BCUT2D eigenvalue weighted by atomic mass is 16.5. The molecule has 1 unspecified atom stereocenters. The molecule has 0 saturated heterocycles. The number of carboxylic acids is 1. The van der Waals surface area contributed by atoms with Crippen molar-refractivity contribution in [3.05, 3.63) is 0 Å². The first-order chi connectivity index (χ1) is 7.06. The van der Waals surface area contributed by atoms with Crippen LogP contribution in [-0.2, 0) is 14.3 Å². The summed E-state index contributed by atoms with van der Waals surface area (Å²) in [6.45, 7) is 4.80. The highest BCUT2D eigenvalue weighted by Gasteiger charge is 2.48. The van der Waals surface area contributed by atoms with Gasteiger partial charge in [-0.25, -0.2) is 0 Å². The third-order valence-corrected chi connectivity index (χ3v) is 2.46. The largest absolute Gasteiger partial charge is 0.481 e. The first kappa shape index (κ1) is 12.0. The van der Waals surface area contributed by atoms with Crippen molar-refractivity contribution in [3.8, 4) is 0 Å². The number of amides is 1. The topological polar surface area (TPSA) is 75.6 Å². The van der Waals surface area contributed by atoms with Crippen molar-refractivity contribution in [2.75, 3.05) is 13.2 Å². The van der Waals surface area contributed by atoms with Crippen LogP contribution in [0.4, 0.5) is 0 Å². The Labute approximate surface area is 88.8 Å². The van der Waals surface area contributed by atoms with Crippen LogP contribution >= 0.6 is 0 Å². The zero-order valence-electron chi connectivity index (χ0n) is 9.03. The van der Waals surface area contributed by atoms with Crippen molar-refractivity contribution < 1.29 is 19.4 Å². The Balaban J connectivity index is 2.18. The van der Waals surface area contributed by atoms with Crippen LogP contribution in [0.2, 0.25) is 0 Å². The van der Waals surface area contributed by atoms with Gasteiger partial charge in [-0.2, -0.15) is 0 Å². The molecular formula is C10H17NO4. The van der Waals surface area contributed by atoms with Crippen LogP contribution in [-0.4, -0.2) is 36.2 Å². The number of carboxylic acid groups (broad SMARTS) is 1. The predicted octanol–water partition coefficient (Wildman–Crippen LogP) is 0.248. The predicted molar refractivity (Wildman–Crippen MR) is 53.3 cm³/mol. The highest BCUT2D eigenvalue weighted by molar-refractivity contribution is 5.89. The quantitative estimate of drug-likeness (QED) is 0.666. The lowest BCUT2D eigenvalue weighted by molar-refractivity contribution is -0.140. The van der Waals surface area contributed by atoms with E-state index in [1.165, 1.54) is 0 Å². The average molecular weight is 215 g/mol. The summed E-state index contributed by atoms with van der Waals surface area (Å²) in [7, 11) is 0. The second-order valence-corrected chi connectivity index (χ2v) is 3.80. The molecule has 0 aromatic rings. The molecule has 5 heteroatoms. The molecule has 1 aliphatic rings. The van der Waals surface area contributed by atoms with Gasteiger partial charge in [0.15, 0.2) is 0 Å². The molecule has 0 heterocycles. The summed E-state index contributed by atoms with van der Waals surface area (Å²) in [6, 6.07) is 0. The second kappa shape index (κ2) is 5.11. The molecule has 0 aromatic carbocycles. The van der Waals surface area contributed by atoms with Crippen molar-refractivity contribution in [3.63, 3.8) is 0 Å². The summed E-state index contributed by atoms with van der Waals surface area (Å²) >= 11 is 0. The lowest BCUT2D eigenvalue weighted by Crippen LogP contribution is -2.33. The number of carbonyl (C=O) groups excluding carboxylic acids is 1. The first-order valence-corrected chi connectivity index (χ1v) is 5.18. The van der Waals surface area contributed by atoms with Gasteiger partial charge in [0.1, 0.15) is 0 Å². The molecule has 86 valence electrons. The van der Waals surface area contributed by atoms with Crippen molar-refractivity contribution in [1.82, 2.24) is 5.32 Å². The number of aliphatic carboxylic acids is 1. The molecule has 1 aliphatic carbocycles. The van der Waals surface area contributed by atoms with Crippen molar-refractivity contribution in [2.24, 2.45) is 11.8 Å². The third kappa shape index (κ3) is 3.51. The Morgan fingerprint density at radius 2 is 2.20 bits per heavy atom.